The molecule has 2 heterocycles. The minimum absolute atomic E-state index is 0.292. The highest BCUT2D eigenvalue weighted by Crippen LogP contribution is 2.32. The minimum atomic E-state index is 0.292. The normalized spacial score (nSPS) is 13.0. The lowest BCUT2D eigenvalue weighted by atomic mass is 10.2. The molecule has 0 atom stereocenters. The fraction of sp³-hybridized carbons (Fsp3) is 0.294. The molecule has 1 aliphatic rings. The third-order valence-corrected chi connectivity index (χ3v) is 3.55. The summed E-state index contributed by atoms with van der Waals surface area (Å²) in [5.41, 5.74) is 3.23. The van der Waals surface area contributed by atoms with Gasteiger partial charge in [0.25, 0.3) is 0 Å². The highest BCUT2D eigenvalue weighted by atomic mass is 16.7. The van der Waals surface area contributed by atoms with E-state index in [1.165, 1.54) is 0 Å². The Morgan fingerprint density at radius 3 is 2.57 bits per heavy atom. The molecule has 23 heavy (non-hydrogen) atoms. The molecule has 2 aromatic rings. The predicted molar refractivity (Wildman–Crippen MR) is 88.6 cm³/mol. The van der Waals surface area contributed by atoms with Crippen LogP contribution in [0.2, 0.25) is 0 Å². The first-order valence-electron chi connectivity index (χ1n) is 7.49. The Balaban J connectivity index is 1.52. The van der Waals surface area contributed by atoms with Crippen LogP contribution in [0.15, 0.2) is 41.5 Å². The molecule has 0 spiro atoms. The molecular weight excluding hydrogens is 292 g/mol. The molecule has 0 aliphatic carbocycles. The summed E-state index contributed by atoms with van der Waals surface area (Å²) >= 11 is 0. The van der Waals surface area contributed by atoms with Gasteiger partial charge in [0.2, 0.25) is 6.79 Å². The molecule has 6 heteroatoms. The van der Waals surface area contributed by atoms with Crippen LogP contribution in [0.3, 0.4) is 0 Å². The minimum Gasteiger partial charge on any atom is -0.454 e. The molecule has 0 bridgehead atoms. The summed E-state index contributed by atoms with van der Waals surface area (Å²) in [4.78, 5) is 8.51. The number of aryl methyl sites for hydroxylation is 1. The maximum atomic E-state index is 5.38. The van der Waals surface area contributed by atoms with Crippen molar-refractivity contribution >= 4 is 5.96 Å². The van der Waals surface area contributed by atoms with Gasteiger partial charge in [0, 0.05) is 32.0 Å². The molecule has 3 rings (SSSR count). The number of aromatic nitrogens is 1. The average Bonchev–Trinajstić information content (AvgIpc) is 3.04. The van der Waals surface area contributed by atoms with Crippen LogP contribution in [0.5, 0.6) is 11.5 Å². The summed E-state index contributed by atoms with van der Waals surface area (Å²) in [6.45, 7) is 3.60. The van der Waals surface area contributed by atoms with Crippen LogP contribution in [-0.4, -0.2) is 24.8 Å². The maximum Gasteiger partial charge on any atom is 0.231 e. The Kier molecular flexibility index (Phi) is 4.61. The SMILES string of the molecule is CN=C(NCc1ccc(C)nc1)NCc1ccc2c(c1)OCO2. The summed E-state index contributed by atoms with van der Waals surface area (Å²) in [5.74, 6) is 2.32. The predicted octanol–water partition coefficient (Wildman–Crippen LogP) is 1.98. The van der Waals surface area contributed by atoms with Crippen molar-refractivity contribution in [2.75, 3.05) is 13.8 Å². The van der Waals surface area contributed by atoms with Gasteiger partial charge in [-0.2, -0.15) is 0 Å². The number of guanidine groups is 1. The molecule has 0 unspecified atom stereocenters. The number of nitrogens with one attached hydrogen (secondary N) is 2. The van der Waals surface area contributed by atoms with Gasteiger partial charge in [0.15, 0.2) is 17.5 Å². The van der Waals surface area contributed by atoms with Gasteiger partial charge in [0.1, 0.15) is 0 Å². The summed E-state index contributed by atoms with van der Waals surface area (Å²) in [6.07, 6.45) is 1.87. The van der Waals surface area contributed by atoms with Crippen molar-refractivity contribution in [3.05, 3.63) is 53.3 Å². The van der Waals surface area contributed by atoms with E-state index < -0.39 is 0 Å². The Hall–Kier alpha value is -2.76. The number of hydrogen-bond donors (Lipinski definition) is 2. The Morgan fingerprint density at radius 1 is 1.09 bits per heavy atom. The van der Waals surface area contributed by atoms with Gasteiger partial charge in [-0.15, -0.1) is 0 Å². The van der Waals surface area contributed by atoms with E-state index in [1.54, 1.807) is 7.05 Å². The average molecular weight is 312 g/mol. The van der Waals surface area contributed by atoms with Crippen molar-refractivity contribution in [1.82, 2.24) is 15.6 Å². The number of benzene rings is 1. The summed E-state index contributed by atoms with van der Waals surface area (Å²) in [7, 11) is 1.75. The van der Waals surface area contributed by atoms with Crippen LogP contribution in [0.1, 0.15) is 16.8 Å². The van der Waals surface area contributed by atoms with E-state index in [-0.39, 0.29) is 0 Å². The molecule has 2 N–H and O–H groups in total. The van der Waals surface area contributed by atoms with Crippen LogP contribution in [0.4, 0.5) is 0 Å². The molecule has 1 aromatic carbocycles. The van der Waals surface area contributed by atoms with Crippen LogP contribution < -0.4 is 20.1 Å². The van der Waals surface area contributed by atoms with Gasteiger partial charge in [-0.3, -0.25) is 9.98 Å². The van der Waals surface area contributed by atoms with E-state index >= 15 is 0 Å². The Labute approximate surface area is 135 Å². The summed E-state index contributed by atoms with van der Waals surface area (Å²) < 4.78 is 10.7. The van der Waals surface area contributed by atoms with Crippen LogP contribution in [0, 0.1) is 6.92 Å². The van der Waals surface area contributed by atoms with Gasteiger partial charge in [0.05, 0.1) is 0 Å². The molecule has 0 fully saturated rings. The van der Waals surface area contributed by atoms with E-state index in [2.05, 4.69) is 26.7 Å². The van der Waals surface area contributed by atoms with Gasteiger partial charge in [-0.25, -0.2) is 0 Å². The molecule has 1 aromatic heterocycles. The summed E-state index contributed by atoms with van der Waals surface area (Å²) in [5, 5.41) is 6.55. The molecule has 6 nitrogen and oxygen atoms in total. The van der Waals surface area contributed by atoms with Gasteiger partial charge in [-0.1, -0.05) is 12.1 Å². The van der Waals surface area contributed by atoms with E-state index in [1.807, 2.05) is 37.4 Å². The third-order valence-electron chi connectivity index (χ3n) is 3.55. The zero-order chi connectivity index (χ0) is 16.1. The molecule has 0 saturated heterocycles. The second kappa shape index (κ2) is 7.00. The first-order chi connectivity index (χ1) is 11.2. The fourth-order valence-corrected chi connectivity index (χ4v) is 2.25. The topological polar surface area (TPSA) is 67.8 Å². The highest BCUT2D eigenvalue weighted by Gasteiger charge is 2.13. The smallest absolute Gasteiger partial charge is 0.231 e. The third kappa shape index (κ3) is 3.91. The number of ether oxygens (including phenoxy) is 2. The monoisotopic (exact) mass is 312 g/mol. The molecule has 0 amide bonds. The first kappa shape index (κ1) is 15.1. The van der Waals surface area contributed by atoms with Crippen molar-refractivity contribution < 1.29 is 9.47 Å². The number of hydrogen-bond acceptors (Lipinski definition) is 4. The van der Waals surface area contributed by atoms with Crippen molar-refractivity contribution in [1.29, 1.82) is 0 Å². The fourth-order valence-electron chi connectivity index (χ4n) is 2.25. The Morgan fingerprint density at radius 2 is 1.83 bits per heavy atom. The summed E-state index contributed by atoms with van der Waals surface area (Å²) in [6, 6.07) is 9.97. The number of nitrogens with zero attached hydrogens (tertiary/aromatic N) is 2. The van der Waals surface area contributed by atoms with Gasteiger partial charge < -0.3 is 20.1 Å². The van der Waals surface area contributed by atoms with Crippen molar-refractivity contribution in [3.63, 3.8) is 0 Å². The standard InChI is InChI=1S/C17H20N4O2/c1-12-3-4-14(9-19-12)10-21-17(18-2)20-8-13-5-6-15-16(7-13)23-11-22-15/h3-7,9H,8,10-11H2,1-2H3,(H2,18,20,21). The van der Waals surface area contributed by atoms with Crippen molar-refractivity contribution in [2.24, 2.45) is 4.99 Å². The lowest BCUT2D eigenvalue weighted by molar-refractivity contribution is 0.174. The molecule has 120 valence electrons. The molecule has 0 saturated carbocycles. The maximum absolute atomic E-state index is 5.38. The number of rotatable bonds is 4. The second-order valence-corrected chi connectivity index (χ2v) is 5.27. The zero-order valence-electron chi connectivity index (χ0n) is 13.3. The first-order valence-corrected chi connectivity index (χ1v) is 7.49. The van der Waals surface area contributed by atoms with E-state index in [4.69, 9.17) is 9.47 Å². The van der Waals surface area contributed by atoms with Crippen LogP contribution in [-0.2, 0) is 13.1 Å². The van der Waals surface area contributed by atoms with Crippen LogP contribution in [0.25, 0.3) is 0 Å². The number of pyridine rings is 1. The van der Waals surface area contributed by atoms with Gasteiger partial charge >= 0.3 is 0 Å². The zero-order valence-corrected chi connectivity index (χ0v) is 13.3. The Bertz CT molecular complexity index is 698. The highest BCUT2D eigenvalue weighted by molar-refractivity contribution is 5.79. The van der Waals surface area contributed by atoms with Gasteiger partial charge in [-0.05, 0) is 36.2 Å². The lowest BCUT2D eigenvalue weighted by Crippen LogP contribution is -2.36. The number of aliphatic imine (C=N–C) groups is 1. The van der Waals surface area contributed by atoms with E-state index in [0.29, 0.717) is 19.9 Å². The quantitative estimate of drug-likeness (QED) is 0.667. The van der Waals surface area contributed by atoms with E-state index in [0.717, 1.165) is 34.3 Å². The van der Waals surface area contributed by atoms with Crippen molar-refractivity contribution in [3.8, 4) is 11.5 Å². The lowest BCUT2D eigenvalue weighted by Gasteiger charge is -2.12. The molecule has 1 aliphatic heterocycles. The number of fused-ring (bicyclic) bond motifs is 1. The van der Waals surface area contributed by atoms with E-state index in [9.17, 15) is 0 Å². The molecule has 0 radical (unpaired) electrons. The van der Waals surface area contributed by atoms with Crippen LogP contribution >= 0.6 is 0 Å². The van der Waals surface area contributed by atoms with Crippen molar-refractivity contribution in [2.45, 2.75) is 20.0 Å². The largest absolute Gasteiger partial charge is 0.454 e. The molecular formula is C17H20N4O2. The second-order valence-electron chi connectivity index (χ2n) is 5.27.